The number of nitrogens with zero attached hydrogens (tertiary/aromatic N) is 2. The Bertz CT molecular complexity index is 1270. The van der Waals surface area contributed by atoms with E-state index in [0.29, 0.717) is 11.1 Å². The molecule has 0 radical (unpaired) electrons. The minimum atomic E-state index is -2.64. The molecular weight excluding hydrogens is 454 g/mol. The smallest absolute Gasteiger partial charge is 0.255 e. The number of aliphatic imine (C=N–C) groups is 1. The van der Waals surface area contributed by atoms with Crippen molar-refractivity contribution in [1.29, 1.82) is 0 Å². The maximum atomic E-state index is 13.7. The van der Waals surface area contributed by atoms with E-state index in [1.807, 2.05) is 0 Å². The average Bonchev–Trinajstić information content (AvgIpc) is 2.77. The number of carbonyl (C=O) groups excluding carboxylic acids is 3. The molecule has 1 aromatic carbocycles. The van der Waals surface area contributed by atoms with Crippen LogP contribution in [0.2, 0.25) is 0 Å². The summed E-state index contributed by atoms with van der Waals surface area (Å²) in [7, 11) is 4.74. The third-order valence-corrected chi connectivity index (χ3v) is 7.15. The molecule has 6 N–H and O–H groups in total. The number of Topliss-reactive ketones (excluding diaryl/α,β-unsaturated/α-hetero) is 2. The third kappa shape index (κ3) is 3.40. The van der Waals surface area contributed by atoms with Crippen molar-refractivity contribution in [3.8, 4) is 5.75 Å². The molecule has 3 aliphatic rings. The van der Waals surface area contributed by atoms with Crippen molar-refractivity contribution in [2.75, 3.05) is 21.1 Å². The second kappa shape index (κ2) is 8.47. The lowest BCUT2D eigenvalue weighted by molar-refractivity contribution is -0.153. The number of allylic oxidation sites excluding steroid dienone is 1. The lowest BCUT2D eigenvalue weighted by atomic mass is 9.57. The summed E-state index contributed by atoms with van der Waals surface area (Å²) in [6.07, 6.45) is 5.30. The number of carbonyl (C=O) groups is 3. The monoisotopic (exact) mass is 481 g/mol. The Kier molecular flexibility index (Phi) is 5.90. The highest BCUT2D eigenvalue weighted by Crippen LogP contribution is 2.52. The van der Waals surface area contributed by atoms with Crippen LogP contribution in [0.25, 0.3) is 11.8 Å². The first-order valence-electron chi connectivity index (χ1n) is 11.0. The van der Waals surface area contributed by atoms with Crippen molar-refractivity contribution >= 4 is 35.5 Å². The van der Waals surface area contributed by atoms with Crippen LogP contribution in [0.1, 0.15) is 23.1 Å². The first-order chi connectivity index (χ1) is 16.5. The van der Waals surface area contributed by atoms with Crippen LogP contribution in [-0.4, -0.2) is 81.8 Å². The van der Waals surface area contributed by atoms with Gasteiger partial charge >= 0.3 is 0 Å². The molecule has 0 aromatic heterocycles. The summed E-state index contributed by atoms with van der Waals surface area (Å²) in [5.74, 6) is -6.68. The highest BCUT2D eigenvalue weighted by molar-refractivity contribution is 6.24. The number of amides is 1. The number of phenolic OH excluding ortho intramolecular Hbond substituents is 1. The Hall–Kier alpha value is -3.76. The van der Waals surface area contributed by atoms with Crippen LogP contribution < -0.4 is 5.73 Å². The largest absolute Gasteiger partial charge is 0.508 e. The fourth-order valence-electron chi connectivity index (χ4n) is 5.66. The van der Waals surface area contributed by atoms with Gasteiger partial charge in [0.2, 0.25) is 5.78 Å². The van der Waals surface area contributed by atoms with Gasteiger partial charge in [0.25, 0.3) is 5.91 Å². The Morgan fingerprint density at radius 3 is 2.51 bits per heavy atom. The summed E-state index contributed by atoms with van der Waals surface area (Å²) in [5.41, 5.74) is 3.00. The number of aromatic hydroxyl groups is 1. The molecule has 0 bridgehead atoms. The van der Waals surface area contributed by atoms with Gasteiger partial charge < -0.3 is 26.2 Å². The molecule has 1 saturated carbocycles. The van der Waals surface area contributed by atoms with E-state index >= 15 is 0 Å². The zero-order chi connectivity index (χ0) is 25.8. The van der Waals surface area contributed by atoms with E-state index in [1.54, 1.807) is 45.6 Å². The number of fused-ring (bicyclic) bond motifs is 3. The summed E-state index contributed by atoms with van der Waals surface area (Å²) >= 11 is 0. The summed E-state index contributed by atoms with van der Waals surface area (Å²) in [6.45, 7) is 0. The molecule has 35 heavy (non-hydrogen) atoms. The van der Waals surface area contributed by atoms with Gasteiger partial charge in [-0.1, -0.05) is 12.1 Å². The van der Waals surface area contributed by atoms with E-state index in [0.717, 1.165) is 0 Å². The van der Waals surface area contributed by atoms with Crippen molar-refractivity contribution in [1.82, 2.24) is 4.90 Å². The minimum Gasteiger partial charge on any atom is -0.508 e. The molecule has 1 amide bonds. The lowest BCUT2D eigenvalue weighted by Crippen LogP contribution is -2.65. The molecule has 10 nitrogen and oxygen atoms in total. The van der Waals surface area contributed by atoms with E-state index in [4.69, 9.17) is 5.73 Å². The first kappa shape index (κ1) is 24.4. The SMILES string of the molecule is CN=C/C=C/c1ccc(O)c2c1C[C@H]1C[C@H]3[C@H](N(C)C)C(=O)C(C(N)=O)=C(O)[C@@]3(O)C(=O)C1=C2O. The fourth-order valence-corrected chi connectivity index (χ4v) is 5.66. The number of phenols is 1. The molecule has 0 unspecified atom stereocenters. The summed E-state index contributed by atoms with van der Waals surface area (Å²) in [6, 6.07) is 1.94. The molecule has 0 aliphatic heterocycles. The summed E-state index contributed by atoms with van der Waals surface area (Å²) < 4.78 is 0. The van der Waals surface area contributed by atoms with E-state index < -0.39 is 58.0 Å². The number of nitrogens with two attached hydrogens (primary N) is 1. The molecule has 184 valence electrons. The molecule has 3 aliphatic carbocycles. The third-order valence-electron chi connectivity index (χ3n) is 7.15. The number of hydrogen-bond donors (Lipinski definition) is 5. The summed E-state index contributed by atoms with van der Waals surface area (Å²) in [4.78, 5) is 44.2. The van der Waals surface area contributed by atoms with Crippen LogP contribution >= 0.6 is 0 Å². The summed E-state index contributed by atoms with van der Waals surface area (Å²) in [5, 5.41) is 44.1. The normalized spacial score (nSPS) is 28.7. The number of primary amides is 1. The van der Waals surface area contributed by atoms with Crippen LogP contribution in [0.5, 0.6) is 5.75 Å². The Labute approximate surface area is 201 Å². The Morgan fingerprint density at radius 1 is 1.23 bits per heavy atom. The molecular formula is C25H27N3O7. The minimum absolute atomic E-state index is 0.0426. The quantitative estimate of drug-likeness (QED) is 0.308. The van der Waals surface area contributed by atoms with E-state index in [2.05, 4.69) is 4.99 Å². The van der Waals surface area contributed by atoms with Gasteiger partial charge in [0.1, 0.15) is 22.8 Å². The first-order valence-corrected chi connectivity index (χ1v) is 11.0. The Morgan fingerprint density at radius 2 is 1.91 bits per heavy atom. The van der Waals surface area contributed by atoms with Crippen LogP contribution in [0, 0.1) is 11.8 Å². The van der Waals surface area contributed by atoms with Crippen LogP contribution in [-0.2, 0) is 20.8 Å². The highest BCUT2D eigenvalue weighted by Gasteiger charge is 2.64. The number of hydrogen-bond acceptors (Lipinski definition) is 9. The standard InChI is InChI=1S/C25H27N3O7/c1-27-8-4-5-11-6-7-15(29)17-13(11)9-12-10-14-19(28(2)3)21(31)18(24(26)34)23(33)25(14,35)22(32)16(12)20(17)30/h4-8,12,14,19,29-30,33,35H,9-10H2,1-3H3,(H2,26,34)/b5-4+,27-8?/t12-,14-,19-,25-/m0/s1. The van der Waals surface area contributed by atoms with Gasteiger partial charge in [0, 0.05) is 24.8 Å². The van der Waals surface area contributed by atoms with Gasteiger partial charge in [0.05, 0.1) is 11.6 Å². The zero-order valence-electron chi connectivity index (χ0n) is 19.5. The van der Waals surface area contributed by atoms with Crippen LogP contribution in [0.3, 0.4) is 0 Å². The van der Waals surface area contributed by atoms with Crippen LogP contribution in [0.15, 0.2) is 40.1 Å². The number of ketones is 2. The lowest BCUT2D eigenvalue weighted by Gasteiger charge is -2.50. The van der Waals surface area contributed by atoms with Gasteiger partial charge in [-0.15, -0.1) is 0 Å². The molecule has 1 fully saturated rings. The number of aliphatic hydroxyl groups is 3. The van der Waals surface area contributed by atoms with E-state index in [1.165, 1.54) is 11.0 Å². The van der Waals surface area contributed by atoms with E-state index in [-0.39, 0.29) is 29.7 Å². The van der Waals surface area contributed by atoms with Crippen molar-refractivity contribution in [3.63, 3.8) is 0 Å². The van der Waals surface area contributed by atoms with Gasteiger partial charge in [-0.3, -0.25) is 24.3 Å². The van der Waals surface area contributed by atoms with Gasteiger partial charge in [-0.2, -0.15) is 0 Å². The van der Waals surface area contributed by atoms with Gasteiger partial charge in [-0.25, -0.2) is 0 Å². The van der Waals surface area contributed by atoms with Crippen molar-refractivity contribution in [2.24, 2.45) is 22.6 Å². The van der Waals surface area contributed by atoms with E-state index in [9.17, 15) is 34.8 Å². The molecule has 0 saturated heterocycles. The molecule has 10 heteroatoms. The Balaban J connectivity index is 1.96. The zero-order valence-corrected chi connectivity index (χ0v) is 19.5. The molecule has 4 atom stereocenters. The average molecular weight is 482 g/mol. The molecule has 0 spiro atoms. The maximum absolute atomic E-state index is 13.7. The van der Waals surface area contributed by atoms with Gasteiger partial charge in [0.15, 0.2) is 11.4 Å². The molecule has 1 aromatic rings. The number of rotatable bonds is 4. The predicted molar refractivity (Wildman–Crippen MR) is 128 cm³/mol. The topological polar surface area (TPSA) is 174 Å². The predicted octanol–water partition coefficient (Wildman–Crippen LogP) is 0.678. The highest BCUT2D eigenvalue weighted by atomic mass is 16.3. The molecule has 0 heterocycles. The maximum Gasteiger partial charge on any atom is 0.255 e. The van der Waals surface area contributed by atoms with Crippen molar-refractivity contribution < 1.29 is 34.8 Å². The van der Waals surface area contributed by atoms with Crippen molar-refractivity contribution in [2.45, 2.75) is 24.5 Å². The number of benzene rings is 1. The molecule has 4 rings (SSSR count). The van der Waals surface area contributed by atoms with Gasteiger partial charge in [-0.05, 0) is 56.1 Å². The van der Waals surface area contributed by atoms with Crippen LogP contribution in [0.4, 0.5) is 0 Å². The van der Waals surface area contributed by atoms with Crippen molar-refractivity contribution in [3.05, 3.63) is 51.8 Å². The second-order valence-electron chi connectivity index (χ2n) is 9.26. The second-order valence-corrected chi connectivity index (χ2v) is 9.26. The number of aliphatic hydroxyl groups excluding tert-OH is 2. The fraction of sp³-hybridized carbons (Fsp3) is 0.360. The number of likely N-dealkylation sites (N-methyl/N-ethyl adjacent to an activating group) is 1.